The zero-order valence-corrected chi connectivity index (χ0v) is 16.2. The molecular weight excluding hydrogens is 344 g/mol. The first-order valence-electron chi connectivity index (χ1n) is 9.16. The van der Waals surface area contributed by atoms with Crippen molar-refractivity contribution in [3.8, 4) is 11.5 Å². The third-order valence-electron chi connectivity index (χ3n) is 4.94. The largest absolute Gasteiger partial charge is 0.495 e. The topological polar surface area (TPSA) is 71.9 Å². The molecule has 1 amide bonds. The maximum absolute atomic E-state index is 11.6. The number of rotatable bonds is 5. The molecule has 0 saturated carbocycles. The van der Waals surface area contributed by atoms with E-state index in [4.69, 9.17) is 9.47 Å². The van der Waals surface area contributed by atoms with Crippen LogP contribution in [0.2, 0.25) is 0 Å². The molecule has 0 aliphatic carbocycles. The first-order valence-corrected chi connectivity index (χ1v) is 9.16. The van der Waals surface area contributed by atoms with Gasteiger partial charge < -0.3 is 19.5 Å². The van der Waals surface area contributed by atoms with Crippen molar-refractivity contribution in [3.05, 3.63) is 52.8 Å². The van der Waals surface area contributed by atoms with E-state index in [9.17, 15) is 9.90 Å². The predicted octanol–water partition coefficient (Wildman–Crippen LogP) is 4.21. The Bertz CT molecular complexity index is 835. The normalized spacial score (nSPS) is 16.2. The van der Waals surface area contributed by atoms with E-state index >= 15 is 0 Å². The van der Waals surface area contributed by atoms with Gasteiger partial charge in [0, 0.05) is 12.2 Å². The number of pyridine rings is 1. The highest BCUT2D eigenvalue weighted by atomic mass is 16.5. The highest BCUT2D eigenvalue weighted by Gasteiger charge is 2.32. The van der Waals surface area contributed by atoms with Crippen LogP contribution in [-0.2, 0) is 13.0 Å². The molecule has 6 nitrogen and oxygen atoms in total. The molecule has 1 aromatic carbocycles. The van der Waals surface area contributed by atoms with Crippen LogP contribution in [0.4, 0.5) is 4.79 Å². The quantitative estimate of drug-likeness (QED) is 0.853. The Morgan fingerprint density at radius 1 is 1.33 bits per heavy atom. The van der Waals surface area contributed by atoms with Crippen molar-refractivity contribution in [3.63, 3.8) is 0 Å². The van der Waals surface area contributed by atoms with E-state index in [1.165, 1.54) is 4.90 Å². The van der Waals surface area contributed by atoms with Crippen LogP contribution in [0, 0.1) is 12.8 Å². The average molecular weight is 370 g/mol. The summed E-state index contributed by atoms with van der Waals surface area (Å²) >= 11 is 0. The lowest BCUT2D eigenvalue weighted by Gasteiger charge is -2.38. The number of ether oxygens (including phenoxy) is 2. The van der Waals surface area contributed by atoms with E-state index in [1.54, 1.807) is 7.11 Å². The Morgan fingerprint density at radius 2 is 2.11 bits per heavy atom. The molecule has 0 saturated heterocycles. The van der Waals surface area contributed by atoms with Gasteiger partial charge in [-0.2, -0.15) is 0 Å². The van der Waals surface area contributed by atoms with Crippen molar-refractivity contribution in [1.29, 1.82) is 0 Å². The molecule has 6 heteroatoms. The van der Waals surface area contributed by atoms with Crippen molar-refractivity contribution >= 4 is 6.09 Å². The van der Waals surface area contributed by atoms with Gasteiger partial charge in [-0.1, -0.05) is 19.9 Å². The molecule has 144 valence electrons. The zero-order chi connectivity index (χ0) is 19.6. The minimum absolute atomic E-state index is 0.126. The molecule has 27 heavy (non-hydrogen) atoms. The van der Waals surface area contributed by atoms with Crippen LogP contribution in [0.1, 0.15) is 42.4 Å². The van der Waals surface area contributed by atoms with E-state index in [1.807, 2.05) is 37.3 Å². The highest BCUT2D eigenvalue weighted by molar-refractivity contribution is 5.66. The number of hydrogen-bond acceptors (Lipinski definition) is 4. The molecule has 0 fully saturated rings. The summed E-state index contributed by atoms with van der Waals surface area (Å²) < 4.78 is 11.3. The van der Waals surface area contributed by atoms with E-state index in [2.05, 4.69) is 18.8 Å². The Hall–Kier alpha value is -2.76. The highest BCUT2D eigenvalue weighted by Crippen LogP contribution is 2.37. The van der Waals surface area contributed by atoms with E-state index < -0.39 is 6.09 Å². The second-order valence-corrected chi connectivity index (χ2v) is 7.17. The minimum atomic E-state index is -0.864. The van der Waals surface area contributed by atoms with Crippen LogP contribution in [0.5, 0.6) is 11.5 Å². The summed E-state index contributed by atoms with van der Waals surface area (Å²) in [5.74, 6) is 1.66. The minimum Gasteiger partial charge on any atom is -0.495 e. The van der Waals surface area contributed by atoms with Crippen LogP contribution in [0.15, 0.2) is 30.3 Å². The second-order valence-electron chi connectivity index (χ2n) is 7.17. The van der Waals surface area contributed by atoms with Crippen molar-refractivity contribution in [2.75, 3.05) is 13.7 Å². The summed E-state index contributed by atoms with van der Waals surface area (Å²) in [4.78, 5) is 17.6. The van der Waals surface area contributed by atoms with Gasteiger partial charge in [-0.3, -0.25) is 4.98 Å². The smallest absolute Gasteiger partial charge is 0.407 e. The molecular formula is C21H26N2O4. The predicted molar refractivity (Wildman–Crippen MR) is 102 cm³/mol. The average Bonchev–Trinajstić information content (AvgIpc) is 2.65. The van der Waals surface area contributed by atoms with Gasteiger partial charge in [0.25, 0.3) is 0 Å². The molecule has 2 aromatic rings. The molecule has 0 spiro atoms. The molecule has 1 aromatic heterocycles. The number of aromatic nitrogens is 1. The summed E-state index contributed by atoms with van der Waals surface area (Å²) in [5, 5.41) is 9.50. The van der Waals surface area contributed by atoms with Crippen LogP contribution in [0.25, 0.3) is 0 Å². The number of hydrogen-bond donors (Lipinski definition) is 1. The number of carboxylic acid groups (broad SMARTS) is 1. The summed E-state index contributed by atoms with van der Waals surface area (Å²) in [7, 11) is 1.62. The molecule has 1 unspecified atom stereocenters. The molecule has 2 heterocycles. The number of aryl methyl sites for hydroxylation is 1. The number of fused-ring (bicyclic) bond motifs is 1. The van der Waals surface area contributed by atoms with Gasteiger partial charge in [0.15, 0.2) is 0 Å². The second kappa shape index (κ2) is 7.86. The third kappa shape index (κ3) is 3.99. The van der Waals surface area contributed by atoms with E-state index in [-0.39, 0.29) is 12.0 Å². The van der Waals surface area contributed by atoms with Gasteiger partial charge in [-0.05, 0) is 54.7 Å². The summed E-state index contributed by atoms with van der Waals surface area (Å²) in [6, 6.07) is 9.58. The number of carbonyl (C=O) groups is 1. The fraction of sp³-hybridized carbons (Fsp3) is 0.429. The van der Waals surface area contributed by atoms with Crippen molar-refractivity contribution in [2.45, 2.75) is 39.8 Å². The van der Waals surface area contributed by atoms with Gasteiger partial charge in [0.05, 0.1) is 13.2 Å². The summed E-state index contributed by atoms with van der Waals surface area (Å²) in [6.45, 7) is 6.86. The number of benzene rings is 1. The van der Waals surface area contributed by atoms with Crippen LogP contribution < -0.4 is 9.47 Å². The maximum atomic E-state index is 11.6. The molecule has 0 bridgehead atoms. The first-order chi connectivity index (χ1) is 12.9. The number of methoxy groups -OCH3 is 1. The molecule has 3 rings (SSSR count). The van der Waals surface area contributed by atoms with Gasteiger partial charge >= 0.3 is 6.09 Å². The Kier molecular flexibility index (Phi) is 5.54. The van der Waals surface area contributed by atoms with E-state index in [0.717, 1.165) is 28.3 Å². The van der Waals surface area contributed by atoms with Crippen molar-refractivity contribution in [2.24, 2.45) is 5.92 Å². The molecule has 1 N–H and O–H groups in total. The molecule has 1 aliphatic heterocycles. The zero-order valence-electron chi connectivity index (χ0n) is 16.2. The summed E-state index contributed by atoms with van der Waals surface area (Å²) in [6.07, 6.45) is -0.175. The Balaban J connectivity index is 1.81. The van der Waals surface area contributed by atoms with Gasteiger partial charge in [0.1, 0.15) is 23.8 Å². The van der Waals surface area contributed by atoms with Crippen molar-refractivity contribution < 1.29 is 19.4 Å². The van der Waals surface area contributed by atoms with E-state index in [0.29, 0.717) is 25.3 Å². The number of nitrogens with zero attached hydrogens (tertiary/aromatic N) is 2. The first kappa shape index (κ1) is 19.0. The van der Waals surface area contributed by atoms with Crippen LogP contribution in [-0.4, -0.2) is 34.7 Å². The fourth-order valence-electron chi connectivity index (χ4n) is 3.70. The SMILES string of the molecule is COc1ccc(C)nc1COc1ccc2c(c1)CCN(C(=O)O)C2C(C)C. The lowest BCUT2D eigenvalue weighted by Crippen LogP contribution is -2.41. The van der Waals surface area contributed by atoms with Gasteiger partial charge in [-0.15, -0.1) is 0 Å². The Labute approximate surface area is 159 Å². The maximum Gasteiger partial charge on any atom is 0.407 e. The molecule has 1 aliphatic rings. The lowest BCUT2D eigenvalue weighted by molar-refractivity contribution is 0.104. The summed E-state index contributed by atoms with van der Waals surface area (Å²) in [5.41, 5.74) is 3.88. The van der Waals surface area contributed by atoms with Gasteiger partial charge in [0.2, 0.25) is 0 Å². The lowest BCUT2D eigenvalue weighted by atomic mass is 9.86. The van der Waals surface area contributed by atoms with Crippen LogP contribution >= 0.6 is 0 Å². The third-order valence-corrected chi connectivity index (χ3v) is 4.94. The van der Waals surface area contributed by atoms with Crippen LogP contribution in [0.3, 0.4) is 0 Å². The van der Waals surface area contributed by atoms with Crippen molar-refractivity contribution in [1.82, 2.24) is 9.88 Å². The monoisotopic (exact) mass is 370 g/mol. The number of amides is 1. The standard InChI is InChI=1S/C21H26N2O4/c1-13(2)20-17-7-6-16(11-15(17)9-10-23(20)21(24)25)27-12-18-19(26-4)8-5-14(3)22-18/h5-8,11,13,20H,9-10,12H2,1-4H3,(H,24,25). The Morgan fingerprint density at radius 3 is 2.78 bits per heavy atom. The molecule has 0 radical (unpaired) electrons. The van der Waals surface area contributed by atoms with Gasteiger partial charge in [-0.25, -0.2) is 4.79 Å². The fourth-order valence-corrected chi connectivity index (χ4v) is 3.70. The molecule has 1 atom stereocenters.